The van der Waals surface area contributed by atoms with E-state index in [1.165, 1.54) is 19.3 Å². The van der Waals surface area contributed by atoms with Gasteiger partial charge in [-0.05, 0) is 65.3 Å². The first-order valence-electron chi connectivity index (χ1n) is 13.7. The van der Waals surface area contributed by atoms with E-state index in [1.54, 1.807) is 32.1 Å². The first-order chi connectivity index (χ1) is 18.9. The van der Waals surface area contributed by atoms with Crippen LogP contribution in [-0.4, -0.2) is 92.0 Å². The molecular weight excluding hydrogens is 524 g/mol. The van der Waals surface area contributed by atoms with Crippen LogP contribution < -0.4 is 4.74 Å². The number of carbonyl (C=O) groups excluding carboxylic acids is 1. The van der Waals surface area contributed by atoms with Crippen molar-refractivity contribution in [3.63, 3.8) is 0 Å². The molecule has 0 radical (unpaired) electrons. The Bertz CT molecular complexity index is 1100. The van der Waals surface area contributed by atoms with E-state index >= 15 is 0 Å². The number of phenols is 1. The molecule has 9 atom stereocenters. The standard InChI is InChI=1S/C29H40O11/c1-15-23(18-13-34-28(3,4)38-21(18)14-33-15)37-27-26-25(39-29(5,6)40-26)24(16(2)35-27)36-22(31)11-9-17-8-10-19(30)20(12-17)32-7/h8-12,15-16,18,21,23-27,30H,13-14H2,1-7H3/b11-9+. The SMILES string of the molecule is COc1cc(/C=C/C(=O)OC2C(C)OC(OC3C(C)OCC4OC(C)(C)OCC43)C3OC(C)(C)OC23)ccc1O. The molecule has 4 fully saturated rings. The van der Waals surface area contributed by atoms with Crippen molar-refractivity contribution in [3.05, 3.63) is 29.8 Å². The molecule has 1 aromatic rings. The predicted molar refractivity (Wildman–Crippen MR) is 140 cm³/mol. The van der Waals surface area contributed by atoms with E-state index in [2.05, 4.69) is 0 Å². The number of ether oxygens (including phenoxy) is 9. The van der Waals surface area contributed by atoms with Gasteiger partial charge in [-0.2, -0.15) is 0 Å². The topological polar surface area (TPSA) is 120 Å². The fraction of sp³-hybridized carbons (Fsp3) is 0.690. The van der Waals surface area contributed by atoms with Gasteiger partial charge in [-0.25, -0.2) is 4.79 Å². The molecule has 4 heterocycles. The Labute approximate surface area is 234 Å². The lowest BCUT2D eigenvalue weighted by molar-refractivity contribution is -0.358. The van der Waals surface area contributed by atoms with Crippen molar-refractivity contribution in [3.8, 4) is 11.5 Å². The summed E-state index contributed by atoms with van der Waals surface area (Å²) in [5.41, 5.74) is 0.661. The first kappa shape index (κ1) is 29.2. The number of benzene rings is 1. The molecule has 4 saturated heterocycles. The average molecular weight is 565 g/mol. The summed E-state index contributed by atoms with van der Waals surface area (Å²) in [6, 6.07) is 4.76. The number of phenolic OH excluding ortho intramolecular Hbond substituents is 1. The van der Waals surface area contributed by atoms with E-state index in [0.717, 1.165) is 0 Å². The molecule has 1 N–H and O–H groups in total. The number of methoxy groups -OCH3 is 1. The lowest BCUT2D eigenvalue weighted by atomic mass is 9.89. The van der Waals surface area contributed by atoms with E-state index in [0.29, 0.717) is 24.5 Å². The van der Waals surface area contributed by atoms with Gasteiger partial charge in [0.05, 0.1) is 44.7 Å². The third-order valence-corrected chi connectivity index (χ3v) is 7.67. The van der Waals surface area contributed by atoms with E-state index in [9.17, 15) is 9.90 Å². The van der Waals surface area contributed by atoms with Gasteiger partial charge in [0, 0.05) is 12.0 Å². The highest BCUT2D eigenvalue weighted by Gasteiger charge is 2.58. The smallest absolute Gasteiger partial charge is 0.331 e. The van der Waals surface area contributed by atoms with E-state index in [4.69, 9.17) is 42.6 Å². The summed E-state index contributed by atoms with van der Waals surface area (Å²) < 4.78 is 54.3. The summed E-state index contributed by atoms with van der Waals surface area (Å²) in [6.07, 6.45) is -1.24. The first-order valence-corrected chi connectivity index (χ1v) is 13.7. The summed E-state index contributed by atoms with van der Waals surface area (Å²) in [4.78, 5) is 12.8. The van der Waals surface area contributed by atoms with Gasteiger partial charge in [0.15, 0.2) is 35.5 Å². The monoisotopic (exact) mass is 564 g/mol. The number of carbonyl (C=O) groups is 1. The minimum atomic E-state index is -0.939. The normalized spacial score (nSPS) is 38.4. The lowest BCUT2D eigenvalue weighted by Gasteiger charge is -2.50. The van der Waals surface area contributed by atoms with Crippen LogP contribution in [-0.2, 0) is 42.7 Å². The number of esters is 1. The maximum atomic E-state index is 12.8. The second-order valence-electron chi connectivity index (χ2n) is 11.6. The summed E-state index contributed by atoms with van der Waals surface area (Å²) in [7, 11) is 1.46. The molecule has 11 heteroatoms. The van der Waals surface area contributed by atoms with Crippen LogP contribution in [0.25, 0.3) is 6.08 Å². The zero-order chi connectivity index (χ0) is 28.8. The summed E-state index contributed by atoms with van der Waals surface area (Å²) in [5, 5.41) is 9.79. The van der Waals surface area contributed by atoms with Crippen LogP contribution in [0.15, 0.2) is 24.3 Å². The Balaban J connectivity index is 1.28. The van der Waals surface area contributed by atoms with Crippen molar-refractivity contribution in [1.82, 2.24) is 0 Å². The van der Waals surface area contributed by atoms with Gasteiger partial charge in [0.1, 0.15) is 12.2 Å². The van der Waals surface area contributed by atoms with E-state index in [1.807, 2.05) is 27.7 Å². The largest absolute Gasteiger partial charge is 0.504 e. The van der Waals surface area contributed by atoms with E-state index in [-0.39, 0.29) is 30.0 Å². The molecule has 0 aromatic heterocycles. The molecule has 4 aliphatic heterocycles. The van der Waals surface area contributed by atoms with Gasteiger partial charge in [-0.3, -0.25) is 0 Å². The molecule has 0 bridgehead atoms. The van der Waals surface area contributed by atoms with Crippen LogP contribution in [0.2, 0.25) is 0 Å². The number of aromatic hydroxyl groups is 1. The Morgan fingerprint density at radius 3 is 2.50 bits per heavy atom. The van der Waals surface area contributed by atoms with Crippen molar-refractivity contribution < 1.29 is 52.5 Å². The Kier molecular flexibility index (Phi) is 8.19. The quantitative estimate of drug-likeness (QED) is 0.405. The fourth-order valence-electron chi connectivity index (χ4n) is 5.73. The Morgan fingerprint density at radius 1 is 1.00 bits per heavy atom. The van der Waals surface area contributed by atoms with Crippen molar-refractivity contribution in [1.29, 1.82) is 0 Å². The van der Waals surface area contributed by atoms with Gasteiger partial charge in [0.2, 0.25) is 0 Å². The molecule has 5 rings (SSSR count). The molecule has 11 nitrogen and oxygen atoms in total. The molecule has 40 heavy (non-hydrogen) atoms. The molecule has 4 aliphatic rings. The van der Waals surface area contributed by atoms with Gasteiger partial charge in [-0.1, -0.05) is 6.07 Å². The maximum Gasteiger partial charge on any atom is 0.331 e. The van der Waals surface area contributed by atoms with E-state index < -0.39 is 48.2 Å². The molecule has 9 unspecified atom stereocenters. The second kappa shape index (κ2) is 11.2. The van der Waals surface area contributed by atoms with Crippen molar-refractivity contribution >= 4 is 12.0 Å². The molecule has 1 aromatic carbocycles. The van der Waals surface area contributed by atoms with Crippen molar-refractivity contribution in [2.75, 3.05) is 20.3 Å². The number of rotatable bonds is 6. The molecule has 222 valence electrons. The lowest BCUT2D eigenvalue weighted by Crippen LogP contribution is -2.62. The van der Waals surface area contributed by atoms with Crippen molar-refractivity contribution in [2.45, 2.75) is 102 Å². The summed E-state index contributed by atoms with van der Waals surface area (Å²) in [5.74, 6) is -1.94. The maximum absolute atomic E-state index is 12.8. The average Bonchev–Trinajstić information content (AvgIpc) is 3.22. The number of hydrogen-bond acceptors (Lipinski definition) is 11. The van der Waals surface area contributed by atoms with Gasteiger partial charge in [0.25, 0.3) is 0 Å². The zero-order valence-electron chi connectivity index (χ0n) is 24.0. The van der Waals surface area contributed by atoms with Crippen LogP contribution in [0.1, 0.15) is 47.1 Å². The van der Waals surface area contributed by atoms with Gasteiger partial charge < -0.3 is 47.7 Å². The van der Waals surface area contributed by atoms with Crippen LogP contribution in [0.4, 0.5) is 0 Å². The van der Waals surface area contributed by atoms with Crippen molar-refractivity contribution in [2.24, 2.45) is 5.92 Å². The predicted octanol–water partition coefficient (Wildman–Crippen LogP) is 3.16. The number of fused-ring (bicyclic) bond motifs is 2. The molecular formula is C29H40O11. The third-order valence-electron chi connectivity index (χ3n) is 7.67. The summed E-state index contributed by atoms with van der Waals surface area (Å²) >= 11 is 0. The van der Waals surface area contributed by atoms with Gasteiger partial charge in [-0.15, -0.1) is 0 Å². The van der Waals surface area contributed by atoms with Crippen LogP contribution in [0, 0.1) is 5.92 Å². The Morgan fingerprint density at radius 2 is 1.75 bits per heavy atom. The second-order valence-corrected chi connectivity index (χ2v) is 11.6. The van der Waals surface area contributed by atoms with Crippen LogP contribution >= 0.6 is 0 Å². The molecule has 0 aliphatic carbocycles. The fourth-order valence-corrected chi connectivity index (χ4v) is 5.73. The van der Waals surface area contributed by atoms with Crippen LogP contribution in [0.3, 0.4) is 0 Å². The minimum absolute atomic E-state index is 0.0105. The van der Waals surface area contributed by atoms with Crippen LogP contribution in [0.5, 0.6) is 11.5 Å². The number of hydrogen-bond donors (Lipinski definition) is 1. The minimum Gasteiger partial charge on any atom is -0.504 e. The molecule has 0 spiro atoms. The highest BCUT2D eigenvalue weighted by atomic mass is 16.8. The highest BCUT2D eigenvalue weighted by Crippen LogP contribution is 2.42. The third kappa shape index (κ3) is 6.15. The Hall–Kier alpha value is -2.25. The van der Waals surface area contributed by atoms with Gasteiger partial charge >= 0.3 is 5.97 Å². The summed E-state index contributed by atoms with van der Waals surface area (Å²) in [6.45, 7) is 12.1. The zero-order valence-corrected chi connectivity index (χ0v) is 24.0. The molecule has 0 saturated carbocycles. The molecule has 0 amide bonds. The highest BCUT2D eigenvalue weighted by molar-refractivity contribution is 5.87.